The Balaban J connectivity index is 1.42. The molecule has 2 amide bonds. The maximum Gasteiger partial charge on any atom is 0.254 e. The number of nitrogens with one attached hydrogen (secondary N) is 1. The number of benzene rings is 1. The van der Waals surface area contributed by atoms with Crippen LogP contribution in [0.15, 0.2) is 18.2 Å². The molecule has 0 aliphatic carbocycles. The highest BCUT2D eigenvalue weighted by Crippen LogP contribution is 2.26. The molecule has 2 aliphatic rings. The number of likely N-dealkylation sites (tertiary alicyclic amines) is 1. The third kappa shape index (κ3) is 5.60. The Hall–Kier alpha value is -1.34. The fraction of sp³-hybridized carbons (Fsp3) is 0.600. The van der Waals surface area contributed by atoms with Crippen molar-refractivity contribution in [3.63, 3.8) is 0 Å². The van der Waals surface area contributed by atoms with Gasteiger partial charge in [0.05, 0.1) is 22.8 Å². The Kier molecular flexibility index (Phi) is 7.97. The molecule has 2 unspecified atom stereocenters. The number of carbonyl (C=O) groups excluding carboxylic acids is 2. The molecule has 0 aromatic heterocycles. The molecule has 2 heterocycles. The van der Waals surface area contributed by atoms with Crippen LogP contribution >= 0.6 is 23.2 Å². The summed E-state index contributed by atoms with van der Waals surface area (Å²) in [5, 5.41) is 3.65. The van der Waals surface area contributed by atoms with Crippen LogP contribution in [-0.2, 0) is 14.3 Å². The molecule has 1 aromatic carbocycles. The Bertz CT molecular complexity index is 695. The molecule has 2 atom stereocenters. The second-order valence-electron chi connectivity index (χ2n) is 7.14. The van der Waals surface area contributed by atoms with Gasteiger partial charge in [-0.25, -0.2) is 0 Å². The van der Waals surface area contributed by atoms with Gasteiger partial charge in [-0.3, -0.25) is 9.59 Å². The molecule has 1 N–H and O–H groups in total. The van der Waals surface area contributed by atoms with Crippen molar-refractivity contribution < 1.29 is 19.1 Å². The largest absolute Gasteiger partial charge is 0.379 e. The summed E-state index contributed by atoms with van der Waals surface area (Å²) in [6.07, 6.45) is 4.56. The van der Waals surface area contributed by atoms with Crippen LogP contribution in [0.5, 0.6) is 0 Å². The molecule has 154 valence electrons. The fourth-order valence-corrected chi connectivity index (χ4v) is 3.87. The zero-order valence-corrected chi connectivity index (χ0v) is 17.3. The van der Waals surface area contributed by atoms with E-state index in [1.165, 1.54) is 0 Å². The average Bonchev–Trinajstić information content (AvgIpc) is 3.37. The second kappa shape index (κ2) is 10.4. The first kappa shape index (κ1) is 21.4. The highest BCUT2D eigenvalue weighted by atomic mass is 35.5. The monoisotopic (exact) mass is 428 g/mol. The first-order valence-electron chi connectivity index (χ1n) is 9.79. The number of carbonyl (C=O) groups is 2. The van der Waals surface area contributed by atoms with Gasteiger partial charge in [-0.2, -0.15) is 0 Å². The lowest BCUT2D eigenvalue weighted by atomic mass is 10.1. The predicted octanol–water partition coefficient (Wildman–Crippen LogP) is 3.30. The number of ether oxygens (including phenoxy) is 2. The van der Waals surface area contributed by atoms with Gasteiger partial charge in [-0.05, 0) is 50.3 Å². The van der Waals surface area contributed by atoms with Crippen LogP contribution < -0.4 is 5.32 Å². The van der Waals surface area contributed by atoms with E-state index < -0.39 is 6.04 Å². The first-order chi connectivity index (χ1) is 13.6. The van der Waals surface area contributed by atoms with E-state index in [4.69, 9.17) is 32.7 Å². The first-order valence-corrected chi connectivity index (χ1v) is 10.5. The molecule has 8 heteroatoms. The summed E-state index contributed by atoms with van der Waals surface area (Å²) in [6, 6.07) is 4.33. The van der Waals surface area contributed by atoms with Crippen molar-refractivity contribution in [2.24, 2.45) is 0 Å². The molecule has 0 bridgehead atoms. The number of amides is 2. The molecule has 0 spiro atoms. The molecule has 0 radical (unpaired) electrons. The summed E-state index contributed by atoms with van der Waals surface area (Å²) >= 11 is 11.9. The molecule has 1 aromatic rings. The molecular formula is C20H26Cl2N2O4. The minimum absolute atomic E-state index is 0.120. The van der Waals surface area contributed by atoms with E-state index in [1.54, 1.807) is 23.1 Å². The standard InChI is InChI=1S/C20H26Cl2N2O4/c21-16-7-6-14(12-17(16)22)20(26)24-9-1-5-18(24)19(25)23-8-3-10-27-13-15-4-2-11-28-15/h6-7,12,15,18H,1-5,8-11,13H2,(H,23,25). The van der Waals surface area contributed by atoms with Crippen LogP contribution in [0.3, 0.4) is 0 Å². The zero-order valence-electron chi connectivity index (χ0n) is 15.8. The molecule has 28 heavy (non-hydrogen) atoms. The molecule has 2 fully saturated rings. The molecule has 6 nitrogen and oxygen atoms in total. The van der Waals surface area contributed by atoms with E-state index in [2.05, 4.69) is 5.32 Å². The van der Waals surface area contributed by atoms with E-state index >= 15 is 0 Å². The maximum atomic E-state index is 12.8. The quantitative estimate of drug-likeness (QED) is 0.644. The van der Waals surface area contributed by atoms with E-state index in [0.717, 1.165) is 32.3 Å². The van der Waals surface area contributed by atoms with E-state index in [-0.39, 0.29) is 17.9 Å². The topological polar surface area (TPSA) is 67.9 Å². The predicted molar refractivity (Wildman–Crippen MR) is 108 cm³/mol. The smallest absolute Gasteiger partial charge is 0.254 e. The minimum atomic E-state index is -0.449. The Morgan fingerprint density at radius 2 is 2.07 bits per heavy atom. The van der Waals surface area contributed by atoms with Crippen molar-refractivity contribution in [1.82, 2.24) is 10.2 Å². The van der Waals surface area contributed by atoms with Gasteiger partial charge in [-0.15, -0.1) is 0 Å². The highest BCUT2D eigenvalue weighted by molar-refractivity contribution is 6.42. The lowest BCUT2D eigenvalue weighted by molar-refractivity contribution is -0.124. The van der Waals surface area contributed by atoms with Crippen LogP contribution in [0, 0.1) is 0 Å². The zero-order chi connectivity index (χ0) is 19.9. The Morgan fingerprint density at radius 3 is 2.82 bits per heavy atom. The van der Waals surface area contributed by atoms with E-state index in [0.29, 0.717) is 48.3 Å². The van der Waals surface area contributed by atoms with Gasteiger partial charge in [-0.1, -0.05) is 23.2 Å². The molecule has 0 saturated carbocycles. The maximum absolute atomic E-state index is 12.8. The normalized spacial score (nSPS) is 21.9. The van der Waals surface area contributed by atoms with E-state index in [9.17, 15) is 9.59 Å². The fourth-order valence-electron chi connectivity index (χ4n) is 3.57. The lowest BCUT2D eigenvalue weighted by Crippen LogP contribution is -2.46. The van der Waals surface area contributed by atoms with Gasteiger partial charge < -0.3 is 19.7 Å². The van der Waals surface area contributed by atoms with Gasteiger partial charge in [0.25, 0.3) is 5.91 Å². The van der Waals surface area contributed by atoms with Crippen molar-refractivity contribution >= 4 is 35.0 Å². The van der Waals surface area contributed by atoms with Gasteiger partial charge in [0.15, 0.2) is 0 Å². The second-order valence-corrected chi connectivity index (χ2v) is 7.95. The van der Waals surface area contributed by atoms with Crippen molar-refractivity contribution in [2.45, 2.75) is 44.2 Å². The summed E-state index contributed by atoms with van der Waals surface area (Å²) in [5.74, 6) is -0.318. The summed E-state index contributed by atoms with van der Waals surface area (Å²) < 4.78 is 11.1. The summed E-state index contributed by atoms with van der Waals surface area (Å²) in [6.45, 7) is 3.10. The number of hydrogen-bond acceptors (Lipinski definition) is 4. The van der Waals surface area contributed by atoms with Gasteiger partial charge >= 0.3 is 0 Å². The van der Waals surface area contributed by atoms with Gasteiger partial charge in [0.2, 0.25) is 5.91 Å². The molecular weight excluding hydrogens is 403 g/mol. The molecule has 3 rings (SSSR count). The van der Waals surface area contributed by atoms with Crippen LogP contribution in [0.25, 0.3) is 0 Å². The number of halogens is 2. The van der Waals surface area contributed by atoms with Crippen molar-refractivity contribution in [3.05, 3.63) is 33.8 Å². The van der Waals surface area contributed by atoms with Gasteiger partial charge in [0.1, 0.15) is 6.04 Å². The van der Waals surface area contributed by atoms with Crippen LogP contribution in [-0.4, -0.2) is 61.8 Å². The number of nitrogens with zero attached hydrogens (tertiary/aromatic N) is 1. The minimum Gasteiger partial charge on any atom is -0.379 e. The SMILES string of the molecule is O=C(NCCCOCC1CCCO1)C1CCCN1C(=O)c1ccc(Cl)c(Cl)c1. The third-order valence-corrected chi connectivity index (χ3v) is 5.81. The lowest BCUT2D eigenvalue weighted by Gasteiger charge is -2.24. The summed E-state index contributed by atoms with van der Waals surface area (Å²) in [4.78, 5) is 26.9. The Labute approximate surface area is 175 Å². The van der Waals surface area contributed by atoms with E-state index in [1.807, 2.05) is 0 Å². The molecule has 2 saturated heterocycles. The summed E-state index contributed by atoms with van der Waals surface area (Å²) in [5.41, 5.74) is 0.441. The third-order valence-electron chi connectivity index (χ3n) is 5.08. The number of rotatable bonds is 8. The average molecular weight is 429 g/mol. The van der Waals surface area contributed by atoms with Crippen molar-refractivity contribution in [3.8, 4) is 0 Å². The Morgan fingerprint density at radius 1 is 1.21 bits per heavy atom. The van der Waals surface area contributed by atoms with Crippen LogP contribution in [0.4, 0.5) is 0 Å². The van der Waals surface area contributed by atoms with Crippen molar-refractivity contribution in [2.75, 3.05) is 32.9 Å². The van der Waals surface area contributed by atoms with Crippen molar-refractivity contribution in [1.29, 1.82) is 0 Å². The van der Waals surface area contributed by atoms with Crippen LogP contribution in [0.1, 0.15) is 42.5 Å². The van der Waals surface area contributed by atoms with Crippen LogP contribution in [0.2, 0.25) is 10.0 Å². The highest BCUT2D eigenvalue weighted by Gasteiger charge is 2.34. The molecule has 2 aliphatic heterocycles. The van der Waals surface area contributed by atoms with Gasteiger partial charge in [0, 0.05) is 31.9 Å². The summed E-state index contributed by atoms with van der Waals surface area (Å²) in [7, 11) is 0. The number of hydrogen-bond donors (Lipinski definition) is 1.